The fourth-order valence-electron chi connectivity index (χ4n) is 2.43. The fourth-order valence-corrected chi connectivity index (χ4v) is 2.55. The Kier molecular flexibility index (Phi) is 5.50. The number of esters is 1. The number of carbonyl (C=O) groups excluding carboxylic acids is 1. The van der Waals surface area contributed by atoms with Crippen molar-refractivity contribution in [2.75, 3.05) is 6.79 Å². The summed E-state index contributed by atoms with van der Waals surface area (Å²) in [7, 11) is 0. The van der Waals surface area contributed by atoms with Crippen LogP contribution in [0.3, 0.4) is 0 Å². The summed E-state index contributed by atoms with van der Waals surface area (Å²) in [4.78, 5) is 22.5. The molecule has 3 rings (SSSR count). The van der Waals surface area contributed by atoms with Gasteiger partial charge in [-0.3, -0.25) is 10.1 Å². The fraction of sp³-hybridized carbons (Fsp3) is 0.167. The van der Waals surface area contributed by atoms with E-state index in [1.54, 1.807) is 30.3 Å². The molecule has 0 bridgehead atoms. The topological polar surface area (TPSA) is 87.9 Å². The number of benzene rings is 2. The molecule has 1 aliphatic rings. The maximum absolute atomic E-state index is 11.9. The molecule has 0 aliphatic carbocycles. The van der Waals surface area contributed by atoms with E-state index in [0.717, 1.165) is 5.56 Å². The normalized spacial score (nSPS) is 13.1. The maximum Gasteiger partial charge on any atom is 0.331 e. The van der Waals surface area contributed by atoms with E-state index in [4.69, 9.17) is 25.8 Å². The number of nitro benzene ring substituents is 1. The third-order valence-corrected chi connectivity index (χ3v) is 3.89. The minimum Gasteiger partial charge on any atom is -0.467 e. The van der Waals surface area contributed by atoms with Crippen LogP contribution >= 0.6 is 11.6 Å². The molecule has 1 aliphatic heterocycles. The van der Waals surface area contributed by atoms with Gasteiger partial charge in [-0.1, -0.05) is 23.7 Å². The standard InChI is InChI=1S/C18H14ClNO6/c19-15-4-1-12(2-5-15)3-6-17(21)25-10-14-8-16(20(22)23)7-13-9-24-11-26-18(13)14/h1-8H,9-11H2. The lowest BCUT2D eigenvalue weighted by atomic mass is 10.1. The zero-order chi connectivity index (χ0) is 18.5. The molecule has 7 nitrogen and oxygen atoms in total. The molecule has 134 valence electrons. The maximum atomic E-state index is 11.9. The van der Waals surface area contributed by atoms with E-state index in [-0.39, 0.29) is 25.7 Å². The summed E-state index contributed by atoms with van der Waals surface area (Å²) in [5.41, 5.74) is 1.65. The number of nitrogens with zero attached hydrogens (tertiary/aromatic N) is 1. The van der Waals surface area contributed by atoms with Crippen LogP contribution in [0.4, 0.5) is 5.69 Å². The smallest absolute Gasteiger partial charge is 0.331 e. The zero-order valence-corrected chi connectivity index (χ0v) is 14.3. The van der Waals surface area contributed by atoms with Gasteiger partial charge in [-0.2, -0.15) is 0 Å². The van der Waals surface area contributed by atoms with Gasteiger partial charge in [-0.25, -0.2) is 4.79 Å². The first kappa shape index (κ1) is 17.9. The van der Waals surface area contributed by atoms with Gasteiger partial charge in [-0.05, 0) is 23.8 Å². The van der Waals surface area contributed by atoms with Crippen LogP contribution in [0, 0.1) is 10.1 Å². The van der Waals surface area contributed by atoms with Crippen LogP contribution in [-0.2, 0) is 27.5 Å². The van der Waals surface area contributed by atoms with Gasteiger partial charge in [0.1, 0.15) is 12.4 Å². The van der Waals surface area contributed by atoms with Gasteiger partial charge in [-0.15, -0.1) is 0 Å². The quantitative estimate of drug-likeness (QED) is 0.341. The lowest BCUT2D eigenvalue weighted by Gasteiger charge is -2.20. The SMILES string of the molecule is O=C(C=Cc1ccc(Cl)cc1)OCc1cc([N+](=O)[O-])cc2c1OCOC2. The Morgan fingerprint density at radius 1 is 1.31 bits per heavy atom. The van der Waals surface area contributed by atoms with E-state index in [2.05, 4.69) is 0 Å². The summed E-state index contributed by atoms with van der Waals surface area (Å²) in [6.45, 7) is 0.102. The van der Waals surface area contributed by atoms with Crippen molar-refractivity contribution in [1.82, 2.24) is 0 Å². The molecule has 0 N–H and O–H groups in total. The third kappa shape index (κ3) is 4.38. The van der Waals surface area contributed by atoms with E-state index in [1.807, 2.05) is 0 Å². The lowest BCUT2D eigenvalue weighted by Crippen LogP contribution is -2.14. The van der Waals surface area contributed by atoms with Crippen molar-refractivity contribution in [3.63, 3.8) is 0 Å². The summed E-state index contributed by atoms with van der Waals surface area (Å²) in [5.74, 6) is -0.122. The largest absolute Gasteiger partial charge is 0.467 e. The van der Waals surface area contributed by atoms with Crippen molar-refractivity contribution in [2.24, 2.45) is 0 Å². The van der Waals surface area contributed by atoms with Crippen LogP contribution in [0.5, 0.6) is 5.75 Å². The van der Waals surface area contributed by atoms with E-state index in [0.29, 0.717) is 21.9 Å². The molecule has 0 atom stereocenters. The second-order valence-electron chi connectivity index (χ2n) is 5.45. The van der Waals surface area contributed by atoms with Gasteiger partial charge in [0.2, 0.25) is 0 Å². The number of hydrogen-bond acceptors (Lipinski definition) is 6. The Hall–Kier alpha value is -2.90. The summed E-state index contributed by atoms with van der Waals surface area (Å²) < 4.78 is 15.7. The molecular weight excluding hydrogens is 362 g/mol. The second kappa shape index (κ2) is 7.99. The molecular formula is C18H14ClNO6. The number of halogens is 1. The van der Waals surface area contributed by atoms with Crippen molar-refractivity contribution >= 4 is 29.3 Å². The van der Waals surface area contributed by atoms with Crippen molar-refractivity contribution in [2.45, 2.75) is 13.2 Å². The Labute approximate surface area is 153 Å². The highest BCUT2D eigenvalue weighted by molar-refractivity contribution is 6.30. The van der Waals surface area contributed by atoms with Gasteiger partial charge >= 0.3 is 5.97 Å². The first-order valence-corrected chi connectivity index (χ1v) is 8.02. The molecule has 2 aromatic rings. The van der Waals surface area contributed by atoms with Gasteiger partial charge in [0.15, 0.2) is 6.79 Å². The highest BCUT2D eigenvalue weighted by atomic mass is 35.5. The minimum atomic E-state index is -0.577. The molecule has 0 spiro atoms. The molecule has 0 aromatic heterocycles. The average Bonchev–Trinajstić information content (AvgIpc) is 2.65. The van der Waals surface area contributed by atoms with Gasteiger partial charge < -0.3 is 14.2 Å². The van der Waals surface area contributed by atoms with Crippen LogP contribution in [0.25, 0.3) is 6.08 Å². The van der Waals surface area contributed by atoms with Gasteiger partial charge in [0, 0.05) is 34.4 Å². The highest BCUT2D eigenvalue weighted by Crippen LogP contribution is 2.33. The zero-order valence-electron chi connectivity index (χ0n) is 13.5. The van der Waals surface area contributed by atoms with Crippen LogP contribution in [-0.4, -0.2) is 17.7 Å². The number of rotatable bonds is 5. The van der Waals surface area contributed by atoms with E-state index in [1.165, 1.54) is 18.2 Å². The monoisotopic (exact) mass is 375 g/mol. The Morgan fingerprint density at radius 2 is 2.08 bits per heavy atom. The van der Waals surface area contributed by atoms with Gasteiger partial charge in [0.05, 0.1) is 11.5 Å². The predicted molar refractivity (Wildman–Crippen MR) is 93.7 cm³/mol. The molecule has 0 saturated carbocycles. The van der Waals surface area contributed by atoms with E-state index >= 15 is 0 Å². The third-order valence-electron chi connectivity index (χ3n) is 3.63. The number of hydrogen-bond donors (Lipinski definition) is 0. The summed E-state index contributed by atoms with van der Waals surface area (Å²) in [6, 6.07) is 9.66. The van der Waals surface area contributed by atoms with Crippen molar-refractivity contribution in [3.05, 3.63) is 74.3 Å². The molecule has 0 unspecified atom stereocenters. The van der Waals surface area contributed by atoms with Crippen molar-refractivity contribution < 1.29 is 23.9 Å². The molecule has 0 amide bonds. The van der Waals surface area contributed by atoms with E-state index < -0.39 is 10.9 Å². The van der Waals surface area contributed by atoms with Crippen LogP contribution in [0.1, 0.15) is 16.7 Å². The second-order valence-corrected chi connectivity index (χ2v) is 5.89. The molecule has 1 heterocycles. The Bertz CT molecular complexity index is 863. The highest BCUT2D eigenvalue weighted by Gasteiger charge is 2.21. The molecule has 8 heteroatoms. The average molecular weight is 376 g/mol. The first-order valence-electron chi connectivity index (χ1n) is 7.64. The predicted octanol–water partition coefficient (Wildman–Crippen LogP) is 3.87. The number of non-ortho nitro benzene ring substituents is 1. The Balaban J connectivity index is 1.70. The molecule has 2 aromatic carbocycles. The lowest BCUT2D eigenvalue weighted by molar-refractivity contribution is -0.385. The number of nitro groups is 1. The summed E-state index contributed by atoms with van der Waals surface area (Å²) in [5, 5.41) is 11.7. The number of ether oxygens (including phenoxy) is 3. The Morgan fingerprint density at radius 3 is 2.81 bits per heavy atom. The number of carbonyl (C=O) groups is 1. The van der Waals surface area contributed by atoms with Gasteiger partial charge in [0.25, 0.3) is 5.69 Å². The first-order chi connectivity index (χ1) is 12.5. The van der Waals surface area contributed by atoms with E-state index in [9.17, 15) is 14.9 Å². The van der Waals surface area contributed by atoms with Crippen molar-refractivity contribution in [1.29, 1.82) is 0 Å². The van der Waals surface area contributed by atoms with Crippen molar-refractivity contribution in [3.8, 4) is 5.75 Å². The molecule has 0 radical (unpaired) electrons. The summed E-state index contributed by atoms with van der Waals surface area (Å²) >= 11 is 5.80. The molecule has 26 heavy (non-hydrogen) atoms. The van der Waals surface area contributed by atoms with Crippen LogP contribution < -0.4 is 4.74 Å². The van der Waals surface area contributed by atoms with Crippen LogP contribution in [0.2, 0.25) is 5.02 Å². The number of fused-ring (bicyclic) bond motifs is 1. The minimum absolute atomic E-state index is 0.0439. The molecule has 0 fully saturated rings. The molecule has 0 saturated heterocycles. The van der Waals surface area contributed by atoms with Crippen LogP contribution in [0.15, 0.2) is 42.5 Å². The summed E-state index contributed by atoms with van der Waals surface area (Å²) in [6.07, 6.45) is 2.86.